The molecule has 0 atom stereocenters. The molecule has 24 heteroatoms. The molecule has 0 heterocycles. The van der Waals surface area contributed by atoms with Crippen LogP contribution < -0.4 is 0 Å². The Kier molecular flexibility index (Phi) is 46.7. The molecule has 0 aromatic rings. The van der Waals surface area contributed by atoms with Gasteiger partial charge in [0, 0.05) is 120 Å². The van der Waals surface area contributed by atoms with Crippen LogP contribution >= 0.6 is 40.0 Å². The first kappa shape index (κ1) is 83.7. The average molecular weight is 1420 g/mol. The molecule has 0 rings (SSSR count). The first-order chi connectivity index (χ1) is 25.5. The Morgan fingerprint density at radius 1 is 0.150 bits per heavy atom. The molecule has 16 radical (unpaired) electrons. The maximum absolute atomic E-state index is 4.64. The van der Waals surface area contributed by atoms with Crippen LogP contribution in [-0.4, -0.2) is 183 Å². The summed E-state index contributed by atoms with van der Waals surface area (Å²) in [7, 11) is 8.67. The van der Waals surface area contributed by atoms with E-state index in [4.69, 9.17) is 0 Å². The van der Waals surface area contributed by atoms with E-state index in [0.717, 1.165) is 0 Å². The van der Waals surface area contributed by atoms with Gasteiger partial charge in [0.25, 0.3) is 0 Å². The molecule has 0 aromatic heterocycles. The van der Waals surface area contributed by atoms with Gasteiger partial charge in [-0.3, -0.25) is 0 Å². The standard InChI is InChI=1S/4C9H27Si4.4ClGe/c4*1-11(2,3)10(12(4,5)6)13(7,8)9;4*1-2/h4*1-9H3;;;;. The summed E-state index contributed by atoms with van der Waals surface area (Å²) in [6, 6.07) is 0. The van der Waals surface area contributed by atoms with Crippen molar-refractivity contribution in [3.05, 3.63) is 0 Å². The van der Waals surface area contributed by atoms with Gasteiger partial charge in [0.05, 0.1) is 0 Å². The summed E-state index contributed by atoms with van der Waals surface area (Å²) in [6.07, 6.45) is 0. The van der Waals surface area contributed by atoms with Crippen LogP contribution in [-0.2, 0) is 0 Å². The third kappa shape index (κ3) is 42.5. The summed E-state index contributed by atoms with van der Waals surface area (Å²) in [6.45, 7) is 93.9. The summed E-state index contributed by atoms with van der Waals surface area (Å²) in [5, 5.41) is 0. The van der Waals surface area contributed by atoms with Crippen LogP contribution in [0.3, 0.4) is 0 Å². The average Bonchev–Trinajstić information content (AvgIpc) is 2.83. The van der Waals surface area contributed by atoms with E-state index in [-0.39, 0.29) is 29.4 Å². The van der Waals surface area contributed by atoms with Crippen molar-refractivity contribution in [1.29, 1.82) is 0 Å². The normalized spacial score (nSPS) is 13.6. The fraction of sp³-hybridized carbons (Fsp3) is 1.00. The van der Waals surface area contributed by atoms with E-state index in [9.17, 15) is 0 Å². The van der Waals surface area contributed by atoms with Gasteiger partial charge in [0.15, 0.2) is 0 Å². The van der Waals surface area contributed by atoms with E-state index in [1.54, 1.807) is 0 Å². The Balaban J connectivity index is -0.0000000945. The van der Waals surface area contributed by atoms with E-state index in [0.29, 0.717) is 0 Å². The van der Waals surface area contributed by atoms with E-state index in [2.05, 4.69) is 276 Å². The zero-order chi connectivity index (χ0) is 52.3. The second kappa shape index (κ2) is 33.5. The zero-order valence-electron chi connectivity index (χ0n) is 47.5. The molecule has 0 amide bonds. The van der Waals surface area contributed by atoms with Gasteiger partial charge in [-0.2, -0.15) is 0 Å². The predicted octanol–water partition coefficient (Wildman–Crippen LogP) is 16.2. The van der Waals surface area contributed by atoms with Crippen molar-refractivity contribution in [2.45, 2.75) is 236 Å². The minimum absolute atomic E-state index is 0.0255. The first-order valence-electron chi connectivity index (χ1n) is 21.8. The molecule has 0 aliphatic heterocycles. The molecule has 0 nitrogen and oxygen atoms in total. The SMILES string of the molecule is C[Si](C)(C)[Si]([Si](C)(C)C)[Si](C)(C)C.C[Si](C)(C)[Si]([Si](C)(C)C)[Si](C)(C)C.C[Si](C)(C)[Si]([Si](C)(C)C)[Si](C)(C)C.C[Si](C)(C)[Si]([Si](C)(C)C)[Si](C)(C)C.[Cl][Ge].[Cl][Ge].[Cl][Ge].[Cl][Ge]. The van der Waals surface area contributed by atoms with Crippen molar-refractivity contribution in [2.75, 3.05) is 0 Å². The van der Waals surface area contributed by atoms with Crippen molar-refractivity contribution in [3.8, 4) is 0 Å². The van der Waals surface area contributed by atoms with Crippen LogP contribution in [0.5, 0.6) is 0 Å². The Hall–Kier alpha value is 6.80. The fourth-order valence-corrected chi connectivity index (χ4v) is 364. The molecule has 0 bridgehead atoms. The summed E-state index contributed by atoms with van der Waals surface area (Å²) < 4.78 is 0. The van der Waals surface area contributed by atoms with Gasteiger partial charge in [-0.15, -0.1) is 0 Å². The van der Waals surface area contributed by atoms with E-state index >= 15 is 0 Å². The van der Waals surface area contributed by atoms with Crippen LogP contribution in [0.25, 0.3) is 0 Å². The van der Waals surface area contributed by atoms with Crippen molar-refractivity contribution in [3.63, 3.8) is 0 Å². The third-order valence-corrected chi connectivity index (χ3v) is 243. The fourth-order valence-electron chi connectivity index (χ4n) is 13.5. The van der Waals surface area contributed by atoms with Gasteiger partial charge in [-0.1, -0.05) is 236 Å². The molecule has 0 spiro atoms. The third-order valence-electron chi connectivity index (χ3n) is 9.00. The molecule has 0 unspecified atom stereocenters. The van der Waals surface area contributed by atoms with Crippen LogP contribution in [0.1, 0.15) is 0 Å². The van der Waals surface area contributed by atoms with E-state index < -0.39 is 91.1 Å². The second-order valence-electron chi connectivity index (χ2n) is 28.5. The molecular weight excluding hydrogens is 1310 g/mol. The molecular formula is C36H108Cl4Ge4Si16. The molecule has 0 N–H and O–H groups in total. The number of hydrogen-bond donors (Lipinski definition) is 0. The monoisotopic (exact) mass is 1420 g/mol. The van der Waals surface area contributed by atoms with Crippen LogP contribution in [0.15, 0.2) is 0 Å². The minimum atomic E-state index is -0.832. The molecule has 0 aliphatic carbocycles. The number of rotatable bonds is 12. The second-order valence-corrected chi connectivity index (χ2v) is 176. The number of hydrogen-bond acceptors (Lipinski definition) is 0. The molecule has 0 saturated carbocycles. The Morgan fingerprint density at radius 2 is 0.183 bits per heavy atom. The summed E-state index contributed by atoms with van der Waals surface area (Å²) in [5.74, 6) is 0. The summed E-state index contributed by atoms with van der Waals surface area (Å²) >= 11 is 5.89. The summed E-state index contributed by atoms with van der Waals surface area (Å²) in [5.41, 5.74) is 0. The van der Waals surface area contributed by atoms with E-state index in [1.807, 2.05) is 0 Å². The molecule has 0 fully saturated rings. The Morgan fingerprint density at radius 3 is 0.183 bits per heavy atom. The molecule has 0 aliphatic rings. The quantitative estimate of drug-likeness (QED) is 0.171. The summed E-state index contributed by atoms with van der Waals surface area (Å²) in [4.78, 5) is 0. The van der Waals surface area contributed by atoms with Crippen molar-refractivity contribution >= 4 is 223 Å². The zero-order valence-corrected chi connectivity index (χ0v) is 74.9. The van der Waals surface area contributed by atoms with Crippen LogP contribution in [0, 0.1) is 0 Å². The van der Waals surface area contributed by atoms with Crippen LogP contribution in [0.4, 0.5) is 0 Å². The molecule has 0 saturated heterocycles. The molecule has 60 heavy (non-hydrogen) atoms. The van der Waals surface area contributed by atoms with Gasteiger partial charge >= 0.3 is 102 Å². The van der Waals surface area contributed by atoms with Gasteiger partial charge in [-0.05, 0) is 0 Å². The van der Waals surface area contributed by atoms with Gasteiger partial charge in [0.2, 0.25) is 0 Å². The maximum atomic E-state index is 4.64. The van der Waals surface area contributed by atoms with Crippen molar-refractivity contribution < 1.29 is 0 Å². The van der Waals surface area contributed by atoms with Gasteiger partial charge in [0.1, 0.15) is 0 Å². The first-order valence-corrected chi connectivity index (χ1v) is 92.8. The van der Waals surface area contributed by atoms with Crippen molar-refractivity contribution in [2.24, 2.45) is 0 Å². The Bertz CT molecular complexity index is 747. The molecule has 0 aromatic carbocycles. The predicted molar refractivity (Wildman–Crippen MR) is 350 cm³/mol. The Labute approximate surface area is 452 Å². The molecule has 360 valence electrons. The number of halogens is 4. The van der Waals surface area contributed by atoms with Crippen molar-refractivity contribution in [1.82, 2.24) is 0 Å². The topological polar surface area (TPSA) is 0 Å². The van der Waals surface area contributed by atoms with Crippen LogP contribution in [0.2, 0.25) is 236 Å². The van der Waals surface area contributed by atoms with Gasteiger partial charge in [-0.25, -0.2) is 0 Å². The van der Waals surface area contributed by atoms with Gasteiger partial charge < -0.3 is 0 Å². The van der Waals surface area contributed by atoms with E-state index in [1.165, 1.54) is 62.3 Å².